The zero-order valence-electron chi connectivity index (χ0n) is 11.1. The fourth-order valence-electron chi connectivity index (χ4n) is 5.32. The van der Waals surface area contributed by atoms with Gasteiger partial charge in [0.25, 0.3) is 0 Å². The van der Waals surface area contributed by atoms with E-state index < -0.39 is 5.97 Å². The van der Waals surface area contributed by atoms with E-state index in [1.165, 1.54) is 32.1 Å². The second-order valence-corrected chi connectivity index (χ2v) is 6.76. The highest BCUT2D eigenvalue weighted by atomic mass is 16.5. The van der Waals surface area contributed by atoms with Gasteiger partial charge in [0.15, 0.2) is 5.69 Å². The molecular formula is C15H19NO3. The molecule has 0 amide bonds. The van der Waals surface area contributed by atoms with Gasteiger partial charge in [0, 0.05) is 5.56 Å². The lowest BCUT2D eigenvalue weighted by Crippen LogP contribution is -2.44. The van der Waals surface area contributed by atoms with Crippen LogP contribution in [0.2, 0.25) is 0 Å². The average molecular weight is 261 g/mol. The standard InChI is InChI=1S/C15H19NO3/c1-7-12(14(15(17)18)16-19-7)13-10-3-8-2-9(5-10)6-11(13)4-8/h8-11,13H,2-6H2,1H3,(H,17,18). The maximum Gasteiger partial charge on any atom is 0.358 e. The molecule has 1 aromatic heterocycles. The molecule has 4 aliphatic carbocycles. The topological polar surface area (TPSA) is 63.3 Å². The van der Waals surface area contributed by atoms with E-state index in [-0.39, 0.29) is 5.69 Å². The van der Waals surface area contributed by atoms with Crippen LogP contribution in [0.5, 0.6) is 0 Å². The van der Waals surface area contributed by atoms with Crippen molar-refractivity contribution in [1.29, 1.82) is 0 Å². The molecule has 0 aromatic carbocycles. The zero-order valence-corrected chi connectivity index (χ0v) is 11.1. The van der Waals surface area contributed by atoms with Gasteiger partial charge < -0.3 is 9.63 Å². The van der Waals surface area contributed by atoms with Crippen LogP contribution in [0, 0.1) is 30.6 Å². The molecule has 1 aromatic rings. The van der Waals surface area contributed by atoms with E-state index in [9.17, 15) is 9.90 Å². The Morgan fingerprint density at radius 1 is 1.16 bits per heavy atom. The van der Waals surface area contributed by atoms with E-state index >= 15 is 0 Å². The summed E-state index contributed by atoms with van der Waals surface area (Å²) in [6, 6.07) is 0. The van der Waals surface area contributed by atoms with Crippen molar-refractivity contribution in [2.75, 3.05) is 0 Å². The molecule has 1 N–H and O–H groups in total. The molecule has 5 rings (SSSR count). The number of hydrogen-bond acceptors (Lipinski definition) is 3. The van der Waals surface area contributed by atoms with Crippen LogP contribution in [0.25, 0.3) is 0 Å². The Kier molecular flexibility index (Phi) is 2.32. The van der Waals surface area contributed by atoms with Gasteiger partial charge in [0.1, 0.15) is 5.76 Å². The van der Waals surface area contributed by atoms with E-state index in [0.29, 0.717) is 17.8 Å². The van der Waals surface area contributed by atoms with Crippen molar-refractivity contribution in [2.45, 2.75) is 44.9 Å². The van der Waals surface area contributed by atoms with Crippen molar-refractivity contribution in [3.8, 4) is 0 Å². The first kappa shape index (κ1) is 11.5. The van der Waals surface area contributed by atoms with Crippen LogP contribution >= 0.6 is 0 Å². The molecule has 4 aliphatic rings. The Labute approximate surface area is 112 Å². The van der Waals surface area contributed by atoms with Crippen molar-refractivity contribution in [3.63, 3.8) is 0 Å². The number of carbonyl (C=O) groups is 1. The van der Waals surface area contributed by atoms with Crippen LogP contribution in [0.4, 0.5) is 0 Å². The van der Waals surface area contributed by atoms with Crippen LogP contribution in [0.1, 0.15) is 59.8 Å². The molecule has 0 atom stereocenters. The Balaban J connectivity index is 1.77. The number of carboxylic acid groups (broad SMARTS) is 1. The minimum absolute atomic E-state index is 0.162. The predicted molar refractivity (Wildman–Crippen MR) is 68.0 cm³/mol. The summed E-state index contributed by atoms with van der Waals surface area (Å²) in [4.78, 5) is 11.3. The highest BCUT2D eigenvalue weighted by Crippen LogP contribution is 2.60. The highest BCUT2D eigenvalue weighted by Gasteiger charge is 2.50. The third-order valence-corrected chi connectivity index (χ3v) is 5.67. The molecule has 4 bridgehead atoms. The summed E-state index contributed by atoms with van der Waals surface area (Å²) in [6.45, 7) is 1.86. The van der Waals surface area contributed by atoms with Crippen LogP contribution in [-0.2, 0) is 0 Å². The van der Waals surface area contributed by atoms with Gasteiger partial charge in [0.05, 0.1) is 0 Å². The number of carboxylic acids is 1. The minimum Gasteiger partial charge on any atom is -0.476 e. The summed E-state index contributed by atoms with van der Waals surface area (Å²) in [7, 11) is 0. The van der Waals surface area contributed by atoms with Crippen molar-refractivity contribution >= 4 is 5.97 Å². The summed E-state index contributed by atoms with van der Waals surface area (Å²) in [5.74, 6) is 3.26. The molecule has 1 heterocycles. The van der Waals surface area contributed by atoms with Gasteiger partial charge in [-0.05, 0) is 68.6 Å². The van der Waals surface area contributed by atoms with E-state index in [4.69, 9.17) is 4.52 Å². The maximum absolute atomic E-state index is 11.3. The number of nitrogens with zero attached hydrogens (tertiary/aromatic N) is 1. The molecule has 0 spiro atoms. The quantitative estimate of drug-likeness (QED) is 0.887. The number of aryl methyl sites for hydroxylation is 1. The van der Waals surface area contributed by atoms with E-state index in [2.05, 4.69) is 5.16 Å². The van der Waals surface area contributed by atoms with Crippen LogP contribution in [-0.4, -0.2) is 16.2 Å². The monoisotopic (exact) mass is 261 g/mol. The lowest BCUT2D eigenvalue weighted by Gasteiger charge is -2.54. The third kappa shape index (κ3) is 1.58. The van der Waals surface area contributed by atoms with Gasteiger partial charge >= 0.3 is 5.97 Å². The van der Waals surface area contributed by atoms with Gasteiger partial charge in [-0.1, -0.05) is 5.16 Å². The minimum atomic E-state index is -0.944. The van der Waals surface area contributed by atoms with E-state index in [1.807, 2.05) is 6.92 Å². The first-order valence-corrected chi connectivity index (χ1v) is 7.33. The molecule has 0 radical (unpaired) electrons. The van der Waals surface area contributed by atoms with Crippen LogP contribution < -0.4 is 0 Å². The summed E-state index contributed by atoms with van der Waals surface area (Å²) in [5.41, 5.74) is 1.07. The largest absolute Gasteiger partial charge is 0.476 e. The molecule has 4 fully saturated rings. The lowest BCUT2D eigenvalue weighted by molar-refractivity contribution is -0.00356. The maximum atomic E-state index is 11.3. The molecule has 4 nitrogen and oxygen atoms in total. The van der Waals surface area contributed by atoms with Crippen LogP contribution in [0.3, 0.4) is 0 Å². The van der Waals surface area contributed by atoms with Gasteiger partial charge in [-0.2, -0.15) is 0 Å². The first-order valence-electron chi connectivity index (χ1n) is 7.33. The van der Waals surface area contributed by atoms with Gasteiger partial charge in [-0.3, -0.25) is 0 Å². The highest BCUT2D eigenvalue weighted by molar-refractivity contribution is 5.87. The van der Waals surface area contributed by atoms with Crippen molar-refractivity contribution in [2.24, 2.45) is 23.7 Å². The van der Waals surface area contributed by atoms with E-state index in [0.717, 1.165) is 23.2 Å². The predicted octanol–water partition coefficient (Wildman–Crippen LogP) is 3.22. The smallest absolute Gasteiger partial charge is 0.358 e. The fourth-order valence-corrected chi connectivity index (χ4v) is 5.32. The molecule has 19 heavy (non-hydrogen) atoms. The number of hydrogen-bond donors (Lipinski definition) is 1. The third-order valence-electron chi connectivity index (χ3n) is 5.67. The first-order chi connectivity index (χ1) is 9.13. The van der Waals surface area contributed by atoms with Gasteiger partial charge in [-0.15, -0.1) is 0 Å². The summed E-state index contributed by atoms with van der Waals surface area (Å²) in [6.07, 6.45) is 6.53. The van der Waals surface area contributed by atoms with Crippen molar-refractivity contribution in [3.05, 3.63) is 17.0 Å². The number of aromatic carboxylic acids is 1. The summed E-state index contributed by atoms with van der Waals surface area (Å²) in [5, 5.41) is 13.1. The Bertz CT molecular complexity index is 505. The number of rotatable bonds is 2. The molecule has 102 valence electrons. The summed E-state index contributed by atoms with van der Waals surface area (Å²) < 4.78 is 5.18. The van der Waals surface area contributed by atoms with Crippen LogP contribution in [0.15, 0.2) is 4.52 Å². The van der Waals surface area contributed by atoms with Gasteiger partial charge in [-0.25, -0.2) is 4.79 Å². The molecular weight excluding hydrogens is 242 g/mol. The zero-order chi connectivity index (χ0) is 13.1. The average Bonchev–Trinajstić information content (AvgIpc) is 2.70. The molecule has 4 heteroatoms. The Morgan fingerprint density at radius 2 is 1.74 bits per heavy atom. The molecule has 0 unspecified atom stereocenters. The molecule has 0 saturated heterocycles. The Morgan fingerprint density at radius 3 is 2.26 bits per heavy atom. The second-order valence-electron chi connectivity index (χ2n) is 6.76. The van der Waals surface area contributed by atoms with Crippen molar-refractivity contribution < 1.29 is 14.4 Å². The summed E-state index contributed by atoms with van der Waals surface area (Å²) >= 11 is 0. The SMILES string of the molecule is Cc1onc(C(=O)O)c1C1C2CC3CC(C2)CC1C3. The number of aromatic nitrogens is 1. The fraction of sp³-hybridized carbons (Fsp3) is 0.733. The van der Waals surface area contributed by atoms with Gasteiger partial charge in [0.2, 0.25) is 0 Å². The lowest BCUT2D eigenvalue weighted by atomic mass is 9.50. The normalized spacial score (nSPS) is 39.7. The van der Waals surface area contributed by atoms with E-state index in [1.54, 1.807) is 0 Å². The Hall–Kier alpha value is -1.32. The second kappa shape index (κ2) is 3.84. The molecule has 0 aliphatic heterocycles. The molecule has 4 saturated carbocycles. The van der Waals surface area contributed by atoms with Crippen molar-refractivity contribution in [1.82, 2.24) is 5.16 Å².